The van der Waals surface area contributed by atoms with E-state index in [4.69, 9.17) is 9.97 Å². The Morgan fingerprint density at radius 3 is 2.33 bits per heavy atom. The summed E-state index contributed by atoms with van der Waals surface area (Å²) in [5.74, 6) is 1.81. The van der Waals surface area contributed by atoms with Crippen molar-refractivity contribution in [2.24, 2.45) is 17.8 Å². The summed E-state index contributed by atoms with van der Waals surface area (Å²) in [4.78, 5) is 37.7. The average Bonchev–Trinajstić information content (AvgIpc) is 3.31. The van der Waals surface area contributed by atoms with Crippen molar-refractivity contribution in [3.05, 3.63) is 59.2 Å². The second-order valence-corrected chi connectivity index (χ2v) is 14.6. The molecule has 9 heteroatoms. The summed E-state index contributed by atoms with van der Waals surface area (Å²) < 4.78 is 0.0554. The predicted octanol–water partition coefficient (Wildman–Crippen LogP) is 5.39. The Bertz CT molecular complexity index is 1300. The molecule has 6 saturated carbocycles. The number of rotatable bonds is 7. The third kappa shape index (κ3) is 4.51. The molecule has 8 nitrogen and oxygen atoms in total. The van der Waals surface area contributed by atoms with Gasteiger partial charge in [0.2, 0.25) is 0 Å². The molecule has 3 N–H and O–H groups in total. The van der Waals surface area contributed by atoms with E-state index in [9.17, 15) is 19.8 Å². The van der Waals surface area contributed by atoms with Crippen molar-refractivity contribution in [2.45, 2.75) is 97.8 Å². The van der Waals surface area contributed by atoms with E-state index in [0.29, 0.717) is 35.6 Å². The second-order valence-electron chi connectivity index (χ2n) is 13.1. The minimum absolute atomic E-state index is 0.0554. The maximum Gasteiger partial charge on any atom is 0.408 e. The minimum Gasteiger partial charge on any atom is -0.465 e. The van der Waals surface area contributed by atoms with Gasteiger partial charge in [0.15, 0.2) is 5.82 Å². The van der Waals surface area contributed by atoms with Crippen LogP contribution in [-0.4, -0.2) is 52.6 Å². The fourth-order valence-electron chi connectivity index (χ4n) is 8.73. The Morgan fingerprint density at radius 1 is 1.05 bits per heavy atom. The molecule has 6 aliphatic carbocycles. The number of nitrogens with zero attached hydrogens (tertiary/aromatic N) is 3. The monoisotopic (exact) mass is 656 g/mol. The molecule has 0 saturated heterocycles. The fraction of sp³-hybridized carbons (Fsp3) is 0.613. The Kier molecular flexibility index (Phi) is 6.61. The number of hydrogen-bond donors (Lipinski definition) is 3. The number of aliphatic hydroxyl groups is 1. The van der Waals surface area contributed by atoms with Crippen LogP contribution in [0.5, 0.6) is 0 Å². The number of benzene rings is 1. The van der Waals surface area contributed by atoms with Gasteiger partial charge in [0.25, 0.3) is 5.91 Å². The van der Waals surface area contributed by atoms with E-state index in [1.165, 1.54) is 4.90 Å². The number of nitrogens with one attached hydrogen (secondary N) is 1. The third-order valence-electron chi connectivity index (χ3n) is 10.5. The first-order valence-corrected chi connectivity index (χ1v) is 16.1. The fourth-order valence-corrected chi connectivity index (χ4v) is 10.0. The number of amides is 2. The van der Waals surface area contributed by atoms with Gasteiger partial charge in [0.05, 0.1) is 23.4 Å². The third-order valence-corrected chi connectivity index (χ3v) is 11.9. The molecule has 2 aromatic rings. The maximum absolute atomic E-state index is 13.9. The van der Waals surface area contributed by atoms with E-state index >= 15 is 0 Å². The number of aromatic nitrogens is 2. The summed E-state index contributed by atoms with van der Waals surface area (Å²) in [5, 5.41) is 24.7. The first-order chi connectivity index (χ1) is 19.3. The Hall–Kier alpha value is -2.27. The lowest BCUT2D eigenvalue weighted by Gasteiger charge is -2.58. The van der Waals surface area contributed by atoms with Crippen LogP contribution in [0.4, 0.5) is 4.79 Å². The van der Waals surface area contributed by atoms with E-state index in [1.807, 2.05) is 30.3 Å². The lowest BCUT2D eigenvalue weighted by atomic mass is 9.52. The number of carboxylic acid groups (broad SMARTS) is 1. The van der Waals surface area contributed by atoms with Crippen LogP contribution < -0.4 is 5.32 Å². The molecular weight excluding hydrogens is 619 g/mol. The summed E-state index contributed by atoms with van der Waals surface area (Å²) in [7, 11) is 0. The van der Waals surface area contributed by atoms with Gasteiger partial charge in [-0.05, 0) is 74.7 Å². The molecular formula is C31H37IN4O4. The van der Waals surface area contributed by atoms with Crippen molar-refractivity contribution in [3.8, 4) is 0 Å². The van der Waals surface area contributed by atoms with Gasteiger partial charge in [-0.2, -0.15) is 0 Å². The largest absolute Gasteiger partial charge is 0.465 e. The van der Waals surface area contributed by atoms with Crippen LogP contribution in [-0.2, 0) is 12.1 Å². The van der Waals surface area contributed by atoms with Crippen molar-refractivity contribution in [2.75, 3.05) is 0 Å². The molecule has 6 aliphatic rings. The smallest absolute Gasteiger partial charge is 0.408 e. The standard InChI is InChI=1S/C31H37IN4O4/c32-24-15-31(24,36(29(38)39)17-18-6-2-1-3-7-18)28-33-16-23(26(35-28)20-8-4-5-9-20)27(37)34-25-21-10-19-11-22(25)14-30(40,12-19)13-21/h1-3,6-7,16,19-22,24-25,40H,4-5,8-15,17H2,(H,34,37)(H,38,39). The van der Waals surface area contributed by atoms with E-state index < -0.39 is 17.2 Å². The predicted molar refractivity (Wildman–Crippen MR) is 157 cm³/mol. The Labute approximate surface area is 248 Å². The van der Waals surface area contributed by atoms with Crippen LogP contribution in [0, 0.1) is 17.8 Å². The Balaban J connectivity index is 1.19. The quantitative estimate of drug-likeness (QED) is 0.272. The second kappa shape index (κ2) is 9.93. The first-order valence-electron chi connectivity index (χ1n) is 14.8. The van der Waals surface area contributed by atoms with E-state index in [1.54, 1.807) is 6.20 Å². The zero-order valence-electron chi connectivity index (χ0n) is 22.6. The summed E-state index contributed by atoms with van der Waals surface area (Å²) in [5.41, 5.74) is 0.895. The minimum atomic E-state index is -0.987. The van der Waals surface area contributed by atoms with E-state index in [-0.39, 0.29) is 28.3 Å². The van der Waals surface area contributed by atoms with Crippen LogP contribution >= 0.6 is 22.6 Å². The average molecular weight is 657 g/mol. The van der Waals surface area contributed by atoms with Gasteiger partial charge >= 0.3 is 6.09 Å². The van der Waals surface area contributed by atoms with Crippen molar-refractivity contribution < 1.29 is 19.8 Å². The van der Waals surface area contributed by atoms with Gasteiger partial charge < -0.3 is 15.5 Å². The zero-order chi connectivity index (χ0) is 27.6. The molecule has 0 spiro atoms. The number of carbonyl (C=O) groups is 2. The molecule has 4 bridgehead atoms. The lowest BCUT2D eigenvalue weighted by Crippen LogP contribution is -2.61. The summed E-state index contributed by atoms with van der Waals surface area (Å²) in [6, 6.07) is 9.73. The molecule has 2 amide bonds. The van der Waals surface area contributed by atoms with Gasteiger partial charge in [-0.3, -0.25) is 9.69 Å². The van der Waals surface area contributed by atoms with Gasteiger partial charge in [0, 0.05) is 22.1 Å². The van der Waals surface area contributed by atoms with Crippen LogP contribution in [0.15, 0.2) is 36.5 Å². The van der Waals surface area contributed by atoms with Crippen molar-refractivity contribution >= 4 is 34.6 Å². The highest BCUT2D eigenvalue weighted by atomic mass is 127. The molecule has 1 heterocycles. The maximum atomic E-state index is 13.9. The molecule has 0 aliphatic heterocycles. The molecule has 0 radical (unpaired) electrons. The lowest BCUT2D eigenvalue weighted by molar-refractivity contribution is -0.136. The molecule has 4 unspecified atom stereocenters. The number of carbonyl (C=O) groups excluding carboxylic acids is 1. The van der Waals surface area contributed by atoms with Crippen LogP contribution in [0.3, 0.4) is 0 Å². The number of hydrogen-bond acceptors (Lipinski definition) is 5. The topological polar surface area (TPSA) is 116 Å². The summed E-state index contributed by atoms with van der Waals surface area (Å²) in [6.45, 7) is 0.262. The van der Waals surface area contributed by atoms with Crippen molar-refractivity contribution in [1.82, 2.24) is 20.2 Å². The molecule has 4 atom stereocenters. The van der Waals surface area contributed by atoms with E-state index in [0.717, 1.165) is 69.0 Å². The van der Waals surface area contributed by atoms with Crippen molar-refractivity contribution in [1.29, 1.82) is 0 Å². The molecule has 8 rings (SSSR count). The SMILES string of the molecule is O=C(NC1C2CC3CC1CC(O)(C3)C2)c1cnc(C2(N(Cc3ccccc3)C(=O)O)CC2I)nc1C1CCCC1. The van der Waals surface area contributed by atoms with Gasteiger partial charge in [-0.1, -0.05) is 65.8 Å². The van der Waals surface area contributed by atoms with Crippen LogP contribution in [0.25, 0.3) is 0 Å². The Morgan fingerprint density at radius 2 is 1.73 bits per heavy atom. The molecule has 6 fully saturated rings. The van der Waals surface area contributed by atoms with Gasteiger partial charge in [-0.25, -0.2) is 14.8 Å². The zero-order valence-corrected chi connectivity index (χ0v) is 24.8. The normalized spacial score (nSPS) is 36.0. The van der Waals surface area contributed by atoms with Crippen LogP contribution in [0.2, 0.25) is 0 Å². The van der Waals surface area contributed by atoms with Crippen molar-refractivity contribution in [3.63, 3.8) is 0 Å². The molecule has 40 heavy (non-hydrogen) atoms. The highest BCUT2D eigenvalue weighted by Gasteiger charge is 2.63. The van der Waals surface area contributed by atoms with Gasteiger partial charge in [-0.15, -0.1) is 0 Å². The highest BCUT2D eigenvalue weighted by molar-refractivity contribution is 14.1. The first kappa shape index (κ1) is 26.6. The number of halogens is 1. The number of alkyl halides is 1. The van der Waals surface area contributed by atoms with Crippen LogP contribution in [0.1, 0.15) is 97.6 Å². The highest BCUT2D eigenvalue weighted by Crippen LogP contribution is 2.57. The molecule has 1 aromatic heterocycles. The van der Waals surface area contributed by atoms with E-state index in [2.05, 4.69) is 27.9 Å². The molecule has 1 aromatic carbocycles. The molecule has 212 valence electrons. The summed E-state index contributed by atoms with van der Waals surface area (Å²) in [6.07, 6.45) is 10.1. The van der Waals surface area contributed by atoms with Gasteiger partial charge in [0.1, 0.15) is 5.54 Å². The summed E-state index contributed by atoms with van der Waals surface area (Å²) >= 11 is 2.32.